The summed E-state index contributed by atoms with van der Waals surface area (Å²) in [6.07, 6.45) is 0. The van der Waals surface area contributed by atoms with Gasteiger partial charge in [0.15, 0.2) is 16.6 Å². The van der Waals surface area contributed by atoms with E-state index in [0.717, 1.165) is 16.8 Å². The number of aromatic nitrogens is 2. The average molecular weight is 421 g/mol. The first-order valence-corrected chi connectivity index (χ1v) is 9.99. The number of anilines is 1. The van der Waals surface area contributed by atoms with Crippen molar-refractivity contribution in [2.75, 3.05) is 19.5 Å². The highest BCUT2D eigenvalue weighted by atomic mass is 32.1. The number of rotatable bonds is 6. The maximum atomic E-state index is 12.9. The molecule has 30 heavy (non-hydrogen) atoms. The molecule has 0 bridgehead atoms. The van der Waals surface area contributed by atoms with Crippen LogP contribution in [-0.4, -0.2) is 30.3 Å². The minimum absolute atomic E-state index is 0.319. The smallest absolute Gasteiger partial charge is 0.263 e. The summed E-state index contributed by atoms with van der Waals surface area (Å²) in [6, 6.07) is 15.0. The zero-order valence-electron chi connectivity index (χ0n) is 16.6. The molecule has 0 aliphatic heterocycles. The zero-order valence-corrected chi connectivity index (χ0v) is 17.4. The van der Waals surface area contributed by atoms with Crippen LogP contribution in [0.25, 0.3) is 22.5 Å². The van der Waals surface area contributed by atoms with E-state index in [2.05, 4.69) is 15.5 Å². The van der Waals surface area contributed by atoms with Gasteiger partial charge in [-0.3, -0.25) is 10.1 Å². The van der Waals surface area contributed by atoms with Crippen LogP contribution in [0.4, 0.5) is 5.13 Å². The number of benzene rings is 2. The number of aryl methyl sites for hydroxylation is 1. The number of hydrogen-bond acceptors (Lipinski definition) is 7. The Morgan fingerprint density at radius 1 is 1.03 bits per heavy atom. The van der Waals surface area contributed by atoms with E-state index in [1.165, 1.54) is 11.3 Å². The van der Waals surface area contributed by atoms with Crippen LogP contribution < -0.4 is 14.8 Å². The van der Waals surface area contributed by atoms with Crippen LogP contribution >= 0.6 is 11.3 Å². The molecular formula is C22H19N3O4S. The van der Waals surface area contributed by atoms with E-state index >= 15 is 0 Å². The third kappa shape index (κ3) is 3.77. The zero-order chi connectivity index (χ0) is 21.1. The minimum Gasteiger partial charge on any atom is -0.493 e. The highest BCUT2D eigenvalue weighted by Crippen LogP contribution is 2.34. The minimum atomic E-state index is -0.319. The quantitative estimate of drug-likeness (QED) is 0.469. The van der Waals surface area contributed by atoms with Gasteiger partial charge in [-0.25, -0.2) is 4.98 Å². The monoisotopic (exact) mass is 421 g/mol. The molecule has 0 spiro atoms. The lowest BCUT2D eigenvalue weighted by Gasteiger charge is -2.08. The first-order valence-electron chi connectivity index (χ1n) is 9.11. The summed E-state index contributed by atoms with van der Waals surface area (Å²) in [5.74, 6) is 1.38. The largest absolute Gasteiger partial charge is 0.493 e. The van der Waals surface area contributed by atoms with Crippen LogP contribution in [0.1, 0.15) is 16.1 Å². The molecule has 7 nitrogen and oxygen atoms in total. The van der Waals surface area contributed by atoms with Gasteiger partial charge in [0.1, 0.15) is 17.0 Å². The van der Waals surface area contributed by atoms with Gasteiger partial charge in [-0.05, 0) is 25.1 Å². The molecule has 2 aromatic heterocycles. The van der Waals surface area contributed by atoms with Gasteiger partial charge >= 0.3 is 0 Å². The molecule has 0 aliphatic carbocycles. The van der Waals surface area contributed by atoms with Crippen molar-refractivity contribution >= 4 is 22.4 Å². The van der Waals surface area contributed by atoms with E-state index in [1.807, 2.05) is 53.9 Å². The second kappa shape index (κ2) is 8.38. The molecule has 0 aliphatic rings. The molecule has 8 heteroatoms. The number of carbonyl (C=O) groups excluding carboxylic acids is 1. The summed E-state index contributed by atoms with van der Waals surface area (Å²) in [5, 5.41) is 9.25. The Kier molecular flexibility index (Phi) is 5.49. The Morgan fingerprint density at radius 3 is 2.53 bits per heavy atom. The van der Waals surface area contributed by atoms with Gasteiger partial charge in [0, 0.05) is 16.5 Å². The lowest BCUT2D eigenvalue weighted by molar-refractivity contribution is 0.102. The van der Waals surface area contributed by atoms with E-state index < -0.39 is 0 Å². The fourth-order valence-corrected chi connectivity index (χ4v) is 3.77. The van der Waals surface area contributed by atoms with Crippen LogP contribution in [0.3, 0.4) is 0 Å². The molecule has 1 N–H and O–H groups in total. The molecule has 0 saturated carbocycles. The number of amides is 1. The van der Waals surface area contributed by atoms with Gasteiger partial charge in [-0.15, -0.1) is 11.3 Å². The summed E-state index contributed by atoms with van der Waals surface area (Å²) in [6.45, 7) is 1.71. The molecule has 0 atom stereocenters. The van der Waals surface area contributed by atoms with Crippen molar-refractivity contribution < 1.29 is 18.8 Å². The fourth-order valence-electron chi connectivity index (χ4n) is 3.05. The number of hydrogen-bond donors (Lipinski definition) is 1. The SMILES string of the molecule is COc1ccc(-c2csc(NC(=O)c3c(-c4ccccc4)noc3C)n2)cc1OC. The highest BCUT2D eigenvalue weighted by Gasteiger charge is 2.22. The van der Waals surface area contributed by atoms with Crippen molar-refractivity contribution in [3.8, 4) is 34.0 Å². The van der Waals surface area contributed by atoms with Crippen molar-refractivity contribution in [2.24, 2.45) is 0 Å². The molecular weight excluding hydrogens is 402 g/mol. The van der Waals surface area contributed by atoms with E-state index in [1.54, 1.807) is 21.1 Å². The van der Waals surface area contributed by atoms with Crippen LogP contribution in [0.2, 0.25) is 0 Å². The van der Waals surface area contributed by atoms with Gasteiger partial charge in [0.05, 0.1) is 19.9 Å². The molecule has 0 radical (unpaired) electrons. The lowest BCUT2D eigenvalue weighted by atomic mass is 10.1. The number of methoxy groups -OCH3 is 2. The number of ether oxygens (including phenoxy) is 2. The summed E-state index contributed by atoms with van der Waals surface area (Å²) in [7, 11) is 3.17. The number of thiazole rings is 1. The van der Waals surface area contributed by atoms with E-state index in [9.17, 15) is 4.79 Å². The van der Waals surface area contributed by atoms with Crippen molar-refractivity contribution in [2.45, 2.75) is 6.92 Å². The Hall–Kier alpha value is -3.65. The average Bonchev–Trinajstić information content (AvgIpc) is 3.40. The van der Waals surface area contributed by atoms with Crippen molar-refractivity contribution in [3.63, 3.8) is 0 Å². The second-order valence-corrected chi connectivity index (χ2v) is 7.25. The van der Waals surface area contributed by atoms with Crippen molar-refractivity contribution in [1.82, 2.24) is 10.1 Å². The third-order valence-electron chi connectivity index (χ3n) is 4.54. The topological polar surface area (TPSA) is 86.5 Å². The number of carbonyl (C=O) groups is 1. The predicted octanol–water partition coefficient (Wildman–Crippen LogP) is 5.04. The van der Waals surface area contributed by atoms with Crippen LogP contribution in [0.5, 0.6) is 11.5 Å². The predicted molar refractivity (Wildman–Crippen MR) is 115 cm³/mol. The van der Waals surface area contributed by atoms with Crippen LogP contribution in [0.15, 0.2) is 58.4 Å². The number of nitrogens with zero attached hydrogens (tertiary/aromatic N) is 2. The van der Waals surface area contributed by atoms with Gasteiger partial charge < -0.3 is 14.0 Å². The standard InChI is InChI=1S/C22H19N3O4S/c1-13-19(20(25-29-13)14-7-5-4-6-8-14)21(26)24-22-23-16(12-30-22)15-9-10-17(27-2)18(11-15)28-3/h4-12H,1-3H3,(H,23,24,26). The Labute approximate surface area is 177 Å². The Bertz CT molecular complexity index is 1180. The summed E-state index contributed by atoms with van der Waals surface area (Å²) >= 11 is 1.33. The van der Waals surface area contributed by atoms with Gasteiger partial charge in [0.25, 0.3) is 5.91 Å². The Balaban J connectivity index is 1.58. The molecule has 2 heterocycles. The van der Waals surface area contributed by atoms with Crippen molar-refractivity contribution in [3.05, 3.63) is 65.2 Å². The maximum absolute atomic E-state index is 12.9. The van der Waals surface area contributed by atoms with Crippen LogP contribution in [-0.2, 0) is 0 Å². The molecule has 0 unspecified atom stereocenters. The maximum Gasteiger partial charge on any atom is 0.263 e. The molecule has 0 saturated heterocycles. The van der Waals surface area contributed by atoms with Gasteiger partial charge in [-0.1, -0.05) is 35.5 Å². The van der Waals surface area contributed by atoms with Crippen LogP contribution in [0, 0.1) is 6.92 Å². The first kappa shape index (κ1) is 19.7. The molecule has 4 rings (SSSR count). The summed E-state index contributed by atoms with van der Waals surface area (Å²) in [5.41, 5.74) is 3.29. The second-order valence-electron chi connectivity index (χ2n) is 6.39. The van der Waals surface area contributed by atoms with E-state index in [0.29, 0.717) is 33.6 Å². The summed E-state index contributed by atoms with van der Waals surface area (Å²) in [4.78, 5) is 17.5. The molecule has 152 valence electrons. The molecule has 2 aromatic carbocycles. The molecule has 1 amide bonds. The first-order chi connectivity index (χ1) is 14.6. The molecule has 4 aromatic rings. The lowest BCUT2D eigenvalue weighted by Crippen LogP contribution is -2.13. The molecule has 0 fully saturated rings. The summed E-state index contributed by atoms with van der Waals surface area (Å²) < 4.78 is 15.9. The van der Waals surface area contributed by atoms with Crippen molar-refractivity contribution in [1.29, 1.82) is 0 Å². The van der Waals surface area contributed by atoms with E-state index in [4.69, 9.17) is 14.0 Å². The fraction of sp³-hybridized carbons (Fsp3) is 0.136. The van der Waals surface area contributed by atoms with Gasteiger partial charge in [-0.2, -0.15) is 0 Å². The van der Waals surface area contributed by atoms with Gasteiger partial charge in [0.2, 0.25) is 0 Å². The highest BCUT2D eigenvalue weighted by molar-refractivity contribution is 7.14. The number of nitrogens with one attached hydrogen (secondary N) is 1. The normalized spacial score (nSPS) is 10.6. The van der Waals surface area contributed by atoms with E-state index in [-0.39, 0.29) is 5.91 Å². The Morgan fingerprint density at radius 2 is 1.80 bits per heavy atom. The third-order valence-corrected chi connectivity index (χ3v) is 5.30.